The summed E-state index contributed by atoms with van der Waals surface area (Å²) in [6.07, 6.45) is 3.72. The molecule has 0 bridgehead atoms. The van der Waals surface area contributed by atoms with Crippen LogP contribution in [0.4, 0.5) is 4.79 Å². The van der Waals surface area contributed by atoms with Gasteiger partial charge in [-0.05, 0) is 31.4 Å². The summed E-state index contributed by atoms with van der Waals surface area (Å²) in [5.41, 5.74) is 1.54. The fourth-order valence-electron chi connectivity index (χ4n) is 3.02. The molecule has 0 spiro atoms. The minimum Gasteiger partial charge on any atom is -0.324 e. The minimum atomic E-state index is -0.823. The van der Waals surface area contributed by atoms with Crippen molar-refractivity contribution in [2.75, 3.05) is 12.3 Å². The van der Waals surface area contributed by atoms with Gasteiger partial charge in [0, 0.05) is 24.7 Å². The normalized spacial score (nSPS) is 16.4. The Labute approximate surface area is 158 Å². The molecular formula is C19H24N4O2S. The summed E-state index contributed by atoms with van der Waals surface area (Å²) in [6, 6.07) is 7.95. The zero-order chi connectivity index (χ0) is 18.9. The molecule has 1 aliphatic rings. The van der Waals surface area contributed by atoms with Gasteiger partial charge in [0.25, 0.3) is 5.91 Å². The number of aromatic nitrogens is 2. The number of rotatable bonds is 6. The summed E-state index contributed by atoms with van der Waals surface area (Å²) in [4.78, 5) is 29.9. The van der Waals surface area contributed by atoms with E-state index in [1.165, 1.54) is 22.2 Å². The first-order valence-corrected chi connectivity index (χ1v) is 9.69. The van der Waals surface area contributed by atoms with Gasteiger partial charge < -0.3 is 5.32 Å². The molecule has 0 aliphatic carbocycles. The number of amides is 3. The lowest BCUT2D eigenvalue weighted by Gasteiger charge is -2.17. The van der Waals surface area contributed by atoms with Crippen LogP contribution in [0, 0.1) is 0 Å². The molecule has 7 heteroatoms. The van der Waals surface area contributed by atoms with E-state index in [0.717, 1.165) is 10.8 Å². The van der Waals surface area contributed by atoms with Crippen LogP contribution in [0.25, 0.3) is 5.69 Å². The van der Waals surface area contributed by atoms with Crippen LogP contribution in [0.3, 0.4) is 0 Å². The molecule has 3 amide bonds. The maximum atomic E-state index is 12.3. The second-order valence-electron chi connectivity index (χ2n) is 7.15. The van der Waals surface area contributed by atoms with E-state index in [1.807, 2.05) is 18.3 Å². The van der Waals surface area contributed by atoms with Gasteiger partial charge in [0.15, 0.2) is 5.16 Å². The van der Waals surface area contributed by atoms with E-state index in [1.54, 1.807) is 20.0 Å². The van der Waals surface area contributed by atoms with E-state index in [0.29, 0.717) is 18.2 Å². The van der Waals surface area contributed by atoms with Gasteiger partial charge in [0.2, 0.25) is 0 Å². The molecule has 1 N–H and O–H groups in total. The highest BCUT2D eigenvalue weighted by Crippen LogP contribution is 2.27. The number of urea groups is 1. The molecule has 1 aromatic heterocycles. The summed E-state index contributed by atoms with van der Waals surface area (Å²) >= 11 is 1.54. The molecule has 2 aromatic rings. The molecule has 3 rings (SSSR count). The van der Waals surface area contributed by atoms with Gasteiger partial charge in [-0.3, -0.25) is 14.3 Å². The lowest BCUT2D eigenvalue weighted by molar-refractivity contribution is -0.130. The molecule has 0 radical (unpaired) electrons. The largest absolute Gasteiger partial charge is 0.325 e. The first kappa shape index (κ1) is 18.5. The second-order valence-corrected chi connectivity index (χ2v) is 8.22. The van der Waals surface area contributed by atoms with Gasteiger partial charge in [-0.25, -0.2) is 9.78 Å². The zero-order valence-corrected chi connectivity index (χ0v) is 16.3. The number of nitrogens with zero attached hydrogens (tertiary/aromatic N) is 3. The quantitative estimate of drug-likeness (QED) is 0.623. The van der Waals surface area contributed by atoms with Gasteiger partial charge in [0.1, 0.15) is 5.54 Å². The number of hydrogen-bond acceptors (Lipinski definition) is 4. The first-order chi connectivity index (χ1) is 12.3. The Balaban J connectivity index is 1.71. The van der Waals surface area contributed by atoms with Gasteiger partial charge in [-0.1, -0.05) is 43.8 Å². The first-order valence-electron chi connectivity index (χ1n) is 8.71. The molecule has 0 unspecified atom stereocenters. The highest BCUT2D eigenvalue weighted by molar-refractivity contribution is 7.99. The van der Waals surface area contributed by atoms with Crippen LogP contribution in [-0.4, -0.2) is 44.2 Å². The van der Waals surface area contributed by atoms with E-state index in [2.05, 4.69) is 40.8 Å². The van der Waals surface area contributed by atoms with Crippen molar-refractivity contribution in [3.63, 3.8) is 0 Å². The minimum absolute atomic E-state index is 0.184. The van der Waals surface area contributed by atoms with Crippen LogP contribution in [0.15, 0.2) is 41.8 Å². The van der Waals surface area contributed by atoms with Crippen molar-refractivity contribution in [2.24, 2.45) is 0 Å². The van der Waals surface area contributed by atoms with Crippen molar-refractivity contribution >= 4 is 23.7 Å². The molecule has 1 saturated heterocycles. The smallest absolute Gasteiger partial charge is 0.324 e. The Kier molecular flexibility index (Phi) is 5.09. The number of imide groups is 1. The maximum Gasteiger partial charge on any atom is 0.325 e. The molecule has 0 atom stereocenters. The third-order valence-corrected chi connectivity index (χ3v) is 5.36. The number of hydrogen-bond donors (Lipinski definition) is 1. The maximum absolute atomic E-state index is 12.3. The Morgan fingerprint density at radius 3 is 2.62 bits per heavy atom. The Hall–Kier alpha value is -2.28. The second kappa shape index (κ2) is 7.15. The van der Waals surface area contributed by atoms with Gasteiger partial charge in [-0.15, -0.1) is 0 Å². The van der Waals surface area contributed by atoms with Crippen LogP contribution in [-0.2, 0) is 4.79 Å². The summed E-state index contributed by atoms with van der Waals surface area (Å²) in [5.74, 6) is 0.812. The summed E-state index contributed by atoms with van der Waals surface area (Å²) in [5, 5.41) is 3.55. The topological polar surface area (TPSA) is 67.2 Å². The lowest BCUT2D eigenvalue weighted by Crippen LogP contribution is -2.40. The van der Waals surface area contributed by atoms with Crippen molar-refractivity contribution < 1.29 is 9.59 Å². The molecule has 138 valence electrons. The zero-order valence-electron chi connectivity index (χ0n) is 15.5. The van der Waals surface area contributed by atoms with Crippen molar-refractivity contribution in [1.29, 1.82) is 0 Å². The Morgan fingerprint density at radius 2 is 1.96 bits per heavy atom. The van der Waals surface area contributed by atoms with Crippen LogP contribution < -0.4 is 5.32 Å². The monoisotopic (exact) mass is 372 g/mol. The molecular weight excluding hydrogens is 348 g/mol. The average Bonchev–Trinajstić information content (AvgIpc) is 3.12. The summed E-state index contributed by atoms with van der Waals surface area (Å²) < 4.78 is 2.07. The highest BCUT2D eigenvalue weighted by atomic mass is 32.2. The number of thioether (sulfide) groups is 1. The molecule has 2 heterocycles. The highest BCUT2D eigenvalue weighted by Gasteiger charge is 2.43. The predicted molar refractivity (Wildman–Crippen MR) is 103 cm³/mol. The standard InChI is InChI=1S/C19H24N4O2S/c1-13(2)14-7-5-6-8-15(14)22-10-9-20-18(22)26-12-11-23-16(24)19(3,4)21-17(23)25/h5-10,13H,11-12H2,1-4H3,(H,21,25). The van der Waals surface area contributed by atoms with Crippen LogP contribution in [0.2, 0.25) is 0 Å². The molecule has 1 aromatic carbocycles. The van der Waals surface area contributed by atoms with E-state index in [-0.39, 0.29) is 11.9 Å². The summed E-state index contributed by atoms with van der Waals surface area (Å²) in [6.45, 7) is 8.13. The van der Waals surface area contributed by atoms with Gasteiger partial charge in [0.05, 0.1) is 5.69 Å². The van der Waals surface area contributed by atoms with Crippen molar-refractivity contribution in [2.45, 2.75) is 44.3 Å². The van der Waals surface area contributed by atoms with Crippen molar-refractivity contribution in [3.05, 3.63) is 42.2 Å². The van der Waals surface area contributed by atoms with Crippen molar-refractivity contribution in [3.8, 4) is 5.69 Å². The number of benzene rings is 1. The van der Waals surface area contributed by atoms with Crippen molar-refractivity contribution in [1.82, 2.24) is 19.8 Å². The number of carbonyl (C=O) groups excluding carboxylic acids is 2. The fraction of sp³-hybridized carbons (Fsp3) is 0.421. The lowest BCUT2D eigenvalue weighted by atomic mass is 10.0. The fourth-order valence-corrected chi connectivity index (χ4v) is 3.91. The number of carbonyl (C=O) groups is 2. The predicted octanol–water partition coefficient (Wildman–Crippen LogP) is 3.42. The third kappa shape index (κ3) is 3.49. The number of para-hydroxylation sites is 1. The van der Waals surface area contributed by atoms with Crippen LogP contribution >= 0.6 is 11.8 Å². The van der Waals surface area contributed by atoms with Gasteiger partial charge in [-0.2, -0.15) is 0 Å². The van der Waals surface area contributed by atoms with Gasteiger partial charge >= 0.3 is 6.03 Å². The van der Waals surface area contributed by atoms with E-state index in [9.17, 15) is 9.59 Å². The Morgan fingerprint density at radius 1 is 1.23 bits per heavy atom. The van der Waals surface area contributed by atoms with Crippen LogP contribution in [0.1, 0.15) is 39.2 Å². The van der Waals surface area contributed by atoms with E-state index >= 15 is 0 Å². The molecule has 26 heavy (non-hydrogen) atoms. The van der Waals surface area contributed by atoms with E-state index in [4.69, 9.17) is 0 Å². The molecule has 0 saturated carbocycles. The average molecular weight is 372 g/mol. The van der Waals surface area contributed by atoms with E-state index < -0.39 is 5.54 Å². The molecule has 6 nitrogen and oxygen atoms in total. The van der Waals surface area contributed by atoms with Crippen LogP contribution in [0.5, 0.6) is 0 Å². The Bertz CT molecular complexity index is 828. The number of imidazole rings is 1. The molecule has 1 aliphatic heterocycles. The SMILES string of the molecule is CC(C)c1ccccc1-n1ccnc1SCCN1C(=O)NC(C)(C)C1=O. The third-order valence-electron chi connectivity index (χ3n) is 4.42. The summed E-state index contributed by atoms with van der Waals surface area (Å²) in [7, 11) is 0. The molecule has 1 fully saturated rings. The number of nitrogens with one attached hydrogen (secondary N) is 1.